The molecule has 42 heavy (non-hydrogen) atoms. The molecule has 0 radical (unpaired) electrons. The lowest BCUT2D eigenvalue weighted by Gasteiger charge is -2.32. The molecular formula is C31H33N7O3S. The Morgan fingerprint density at radius 2 is 1.81 bits per heavy atom. The highest BCUT2D eigenvalue weighted by molar-refractivity contribution is 7.22. The van der Waals surface area contributed by atoms with Crippen LogP contribution < -0.4 is 20.1 Å². The fraction of sp³-hybridized carbons (Fsp3) is 0.290. The number of fused-ring (bicyclic) bond motifs is 2. The summed E-state index contributed by atoms with van der Waals surface area (Å²) in [5.41, 5.74) is 2.93. The number of carbonyl (C=O) groups is 1. The average Bonchev–Trinajstić information content (AvgIpc) is 3.42. The molecule has 0 bridgehead atoms. The summed E-state index contributed by atoms with van der Waals surface area (Å²) in [6.45, 7) is 6.05. The summed E-state index contributed by atoms with van der Waals surface area (Å²) in [5.74, 6) is 1.76. The maximum absolute atomic E-state index is 12.6. The van der Waals surface area contributed by atoms with Gasteiger partial charge in [-0.1, -0.05) is 29.5 Å². The number of carbonyl (C=O) groups excluding carboxylic acids is 1. The van der Waals surface area contributed by atoms with E-state index in [1.165, 1.54) is 17.7 Å². The summed E-state index contributed by atoms with van der Waals surface area (Å²) in [5, 5.41) is 7.65. The minimum atomic E-state index is -0.187. The highest BCUT2D eigenvalue weighted by Crippen LogP contribution is 2.35. The number of hydrogen-bond acceptors (Lipinski definition) is 10. The molecule has 1 saturated heterocycles. The molecule has 2 aromatic heterocycles. The predicted molar refractivity (Wildman–Crippen MR) is 167 cm³/mol. The molecule has 0 unspecified atom stereocenters. The number of benzene rings is 3. The second kappa shape index (κ2) is 12.7. The second-order valence-corrected chi connectivity index (χ2v) is 11.3. The molecule has 0 spiro atoms. The number of piperazine rings is 1. The molecule has 5 aromatic rings. The summed E-state index contributed by atoms with van der Waals surface area (Å²) >= 11 is 1.43. The third-order valence-electron chi connectivity index (χ3n) is 7.30. The topological polar surface area (TPSA) is 105 Å². The average molecular weight is 584 g/mol. The van der Waals surface area contributed by atoms with E-state index in [1.54, 1.807) is 19.2 Å². The molecule has 1 fully saturated rings. The van der Waals surface area contributed by atoms with Gasteiger partial charge < -0.3 is 24.6 Å². The van der Waals surface area contributed by atoms with Crippen molar-refractivity contribution >= 4 is 55.0 Å². The second-order valence-electron chi connectivity index (χ2n) is 10.2. The highest BCUT2D eigenvalue weighted by Gasteiger charge is 2.15. The molecule has 1 amide bonds. The molecule has 1 aliphatic heterocycles. The van der Waals surface area contributed by atoms with Gasteiger partial charge in [0, 0.05) is 55.4 Å². The lowest BCUT2D eigenvalue weighted by atomic mass is 10.2. The molecule has 0 aliphatic carbocycles. The Balaban J connectivity index is 1.14. The van der Waals surface area contributed by atoms with Crippen LogP contribution in [-0.4, -0.2) is 84.1 Å². The normalized spacial score (nSPS) is 14.2. The molecule has 1 aliphatic rings. The Labute approximate surface area is 248 Å². The zero-order valence-corrected chi connectivity index (χ0v) is 24.5. The first-order valence-electron chi connectivity index (χ1n) is 14.0. The van der Waals surface area contributed by atoms with E-state index in [2.05, 4.69) is 42.4 Å². The zero-order chi connectivity index (χ0) is 28.9. The Morgan fingerprint density at radius 3 is 2.62 bits per heavy atom. The predicted octanol–water partition coefficient (Wildman–Crippen LogP) is 5.26. The Morgan fingerprint density at radius 1 is 0.976 bits per heavy atom. The van der Waals surface area contributed by atoms with Gasteiger partial charge in [-0.3, -0.25) is 10.1 Å². The number of anilines is 3. The van der Waals surface area contributed by atoms with Crippen LogP contribution in [0.1, 0.15) is 16.8 Å². The molecule has 2 N–H and O–H groups in total. The number of ether oxygens (including phenoxy) is 2. The molecular weight excluding hydrogens is 550 g/mol. The number of aromatic nitrogens is 3. The van der Waals surface area contributed by atoms with Gasteiger partial charge in [0.05, 0.1) is 29.5 Å². The Hall–Kier alpha value is -4.32. The first kappa shape index (κ1) is 27.8. The van der Waals surface area contributed by atoms with Crippen molar-refractivity contribution in [3.63, 3.8) is 0 Å². The minimum Gasteiger partial charge on any atom is -0.493 e. The molecule has 10 nitrogen and oxygen atoms in total. The summed E-state index contributed by atoms with van der Waals surface area (Å²) in [4.78, 5) is 31.0. The van der Waals surface area contributed by atoms with Gasteiger partial charge in [0.25, 0.3) is 5.91 Å². The molecule has 216 valence electrons. The fourth-order valence-electron chi connectivity index (χ4n) is 4.93. The summed E-state index contributed by atoms with van der Waals surface area (Å²) < 4.78 is 12.8. The van der Waals surface area contributed by atoms with Gasteiger partial charge in [-0.05, 0) is 49.9 Å². The minimum absolute atomic E-state index is 0.187. The number of likely N-dealkylation sites (N-methyl/N-ethyl adjacent to an activating group) is 1. The summed E-state index contributed by atoms with van der Waals surface area (Å²) in [6.07, 6.45) is 2.48. The Bertz CT molecular complexity index is 1690. The van der Waals surface area contributed by atoms with Crippen LogP contribution in [0.2, 0.25) is 0 Å². The number of thiazole rings is 1. The number of amides is 1. The maximum atomic E-state index is 12.6. The first-order chi connectivity index (χ1) is 20.6. The summed E-state index contributed by atoms with van der Waals surface area (Å²) in [6, 6.07) is 18.8. The van der Waals surface area contributed by atoms with Crippen molar-refractivity contribution in [2.24, 2.45) is 0 Å². The molecule has 3 aromatic carbocycles. The molecule has 6 rings (SSSR count). The maximum Gasteiger partial charge on any atom is 0.257 e. The van der Waals surface area contributed by atoms with Crippen LogP contribution >= 0.6 is 11.3 Å². The van der Waals surface area contributed by atoms with Crippen molar-refractivity contribution in [1.82, 2.24) is 24.8 Å². The first-order valence-corrected chi connectivity index (χ1v) is 14.8. The van der Waals surface area contributed by atoms with Gasteiger partial charge in [0.1, 0.15) is 12.1 Å². The lowest BCUT2D eigenvalue weighted by molar-refractivity contribution is 0.102. The quantitative estimate of drug-likeness (QED) is 0.213. The van der Waals surface area contributed by atoms with Crippen LogP contribution in [-0.2, 0) is 0 Å². The SMILES string of the molecule is COc1cc2c(Nc3ccc4sc(NC(=O)c5ccccc5)nc4c3)ncnc2cc1OCCCN1CCN(C)CC1. The Kier molecular flexibility index (Phi) is 8.40. The van der Waals surface area contributed by atoms with Crippen molar-refractivity contribution < 1.29 is 14.3 Å². The third-order valence-corrected chi connectivity index (χ3v) is 8.25. The van der Waals surface area contributed by atoms with Crippen molar-refractivity contribution in [2.75, 3.05) is 64.1 Å². The van der Waals surface area contributed by atoms with E-state index in [4.69, 9.17) is 9.47 Å². The highest BCUT2D eigenvalue weighted by atomic mass is 32.1. The third kappa shape index (κ3) is 6.43. The van der Waals surface area contributed by atoms with E-state index in [0.29, 0.717) is 34.6 Å². The summed E-state index contributed by atoms with van der Waals surface area (Å²) in [7, 11) is 3.81. The van der Waals surface area contributed by atoms with Crippen LogP contribution in [0.5, 0.6) is 11.5 Å². The van der Waals surface area contributed by atoms with Gasteiger partial charge in [-0.2, -0.15) is 0 Å². The van der Waals surface area contributed by atoms with Crippen LogP contribution in [0, 0.1) is 0 Å². The van der Waals surface area contributed by atoms with Crippen molar-refractivity contribution in [3.8, 4) is 11.5 Å². The van der Waals surface area contributed by atoms with Gasteiger partial charge in [-0.25, -0.2) is 15.0 Å². The van der Waals surface area contributed by atoms with Crippen molar-refractivity contribution in [3.05, 3.63) is 72.6 Å². The number of nitrogens with zero attached hydrogens (tertiary/aromatic N) is 5. The van der Waals surface area contributed by atoms with Gasteiger partial charge >= 0.3 is 0 Å². The number of rotatable bonds is 10. The van der Waals surface area contributed by atoms with Crippen molar-refractivity contribution in [1.29, 1.82) is 0 Å². The number of hydrogen-bond donors (Lipinski definition) is 2. The van der Waals surface area contributed by atoms with Crippen LogP contribution in [0.4, 0.5) is 16.6 Å². The largest absolute Gasteiger partial charge is 0.493 e. The number of nitrogens with one attached hydrogen (secondary N) is 2. The fourth-order valence-corrected chi connectivity index (χ4v) is 5.77. The van der Waals surface area contributed by atoms with E-state index in [9.17, 15) is 4.79 Å². The van der Waals surface area contributed by atoms with Gasteiger partial charge in [0.2, 0.25) is 0 Å². The smallest absolute Gasteiger partial charge is 0.257 e. The zero-order valence-electron chi connectivity index (χ0n) is 23.7. The van der Waals surface area contributed by atoms with E-state index in [-0.39, 0.29) is 5.91 Å². The molecule has 0 atom stereocenters. The van der Waals surface area contributed by atoms with Gasteiger partial charge in [0.15, 0.2) is 16.6 Å². The lowest BCUT2D eigenvalue weighted by Crippen LogP contribution is -2.44. The van der Waals surface area contributed by atoms with Crippen LogP contribution in [0.15, 0.2) is 67.0 Å². The van der Waals surface area contributed by atoms with Crippen molar-refractivity contribution in [2.45, 2.75) is 6.42 Å². The van der Waals surface area contributed by atoms with E-state index < -0.39 is 0 Å². The molecule has 0 saturated carbocycles. The van der Waals surface area contributed by atoms with Crippen LogP contribution in [0.3, 0.4) is 0 Å². The van der Waals surface area contributed by atoms with Crippen LogP contribution in [0.25, 0.3) is 21.1 Å². The van der Waals surface area contributed by atoms with Gasteiger partial charge in [-0.15, -0.1) is 0 Å². The van der Waals surface area contributed by atoms with E-state index >= 15 is 0 Å². The molecule has 3 heterocycles. The standard InChI is InChI=1S/C31H33N7O3S/c1-37-12-14-38(15-13-37)11-6-16-41-27-19-24-23(18-26(27)40-2)29(33-20-32-24)34-22-9-10-28-25(17-22)35-31(42-28)36-30(39)21-7-4-3-5-8-21/h3-5,7-10,17-20H,6,11-16H2,1-2H3,(H,32,33,34)(H,35,36,39). The van der Waals surface area contributed by atoms with E-state index in [0.717, 1.165) is 66.0 Å². The number of methoxy groups -OCH3 is 1. The van der Waals surface area contributed by atoms with E-state index in [1.807, 2.05) is 48.5 Å². The monoisotopic (exact) mass is 583 g/mol. The molecule has 11 heteroatoms.